The van der Waals surface area contributed by atoms with Crippen molar-refractivity contribution in [1.82, 2.24) is 10.2 Å². The summed E-state index contributed by atoms with van der Waals surface area (Å²) in [6, 6.07) is 14.4. The lowest BCUT2D eigenvalue weighted by Crippen LogP contribution is -2.37. The molecule has 5 heteroatoms. The van der Waals surface area contributed by atoms with Gasteiger partial charge in [-0.2, -0.15) is 0 Å². The van der Waals surface area contributed by atoms with Crippen molar-refractivity contribution < 1.29 is 0 Å². The van der Waals surface area contributed by atoms with Crippen LogP contribution in [0.5, 0.6) is 0 Å². The molecule has 0 saturated heterocycles. The minimum atomic E-state index is 0.769. The summed E-state index contributed by atoms with van der Waals surface area (Å²) < 4.78 is 0.816. The quantitative estimate of drug-likeness (QED) is 0.838. The number of rotatable bonds is 5. The highest BCUT2D eigenvalue weighted by molar-refractivity contribution is 7.80. The Kier molecular flexibility index (Phi) is 5.83. The van der Waals surface area contributed by atoms with E-state index in [9.17, 15) is 0 Å². The van der Waals surface area contributed by atoms with Gasteiger partial charge in [0.1, 0.15) is 0 Å². The molecule has 0 aliphatic rings. The van der Waals surface area contributed by atoms with Gasteiger partial charge in [-0.05, 0) is 36.3 Å². The first kappa shape index (κ1) is 15.3. The number of benzene rings is 1. The second-order valence-electron chi connectivity index (χ2n) is 4.53. The molecule has 2 nitrogen and oxygen atoms in total. The van der Waals surface area contributed by atoms with Gasteiger partial charge in [0.2, 0.25) is 0 Å². The van der Waals surface area contributed by atoms with Crippen LogP contribution >= 0.6 is 35.2 Å². The van der Waals surface area contributed by atoms with Crippen LogP contribution in [0.15, 0.2) is 42.5 Å². The highest BCUT2D eigenvalue weighted by Crippen LogP contribution is 2.22. The smallest absolute Gasteiger partial charge is 0.169 e. The van der Waals surface area contributed by atoms with Gasteiger partial charge in [-0.25, -0.2) is 0 Å². The molecule has 2 rings (SSSR count). The Labute approximate surface area is 134 Å². The topological polar surface area (TPSA) is 15.3 Å². The maximum absolute atomic E-state index is 5.93. The zero-order chi connectivity index (χ0) is 14.4. The van der Waals surface area contributed by atoms with Gasteiger partial charge in [-0.1, -0.05) is 41.9 Å². The average molecular weight is 325 g/mol. The van der Waals surface area contributed by atoms with Gasteiger partial charge in [0, 0.05) is 18.5 Å². The van der Waals surface area contributed by atoms with Crippen molar-refractivity contribution in [2.24, 2.45) is 0 Å². The molecule has 0 spiro atoms. The van der Waals surface area contributed by atoms with E-state index in [2.05, 4.69) is 29.6 Å². The van der Waals surface area contributed by atoms with E-state index < -0.39 is 0 Å². The fourth-order valence-electron chi connectivity index (χ4n) is 1.84. The van der Waals surface area contributed by atoms with E-state index in [4.69, 9.17) is 23.8 Å². The van der Waals surface area contributed by atoms with E-state index in [0.717, 1.165) is 29.0 Å². The zero-order valence-corrected chi connectivity index (χ0v) is 13.7. The first-order valence-corrected chi connectivity index (χ1v) is 8.02. The van der Waals surface area contributed by atoms with Crippen LogP contribution in [0.25, 0.3) is 0 Å². The summed E-state index contributed by atoms with van der Waals surface area (Å²) in [6.07, 6.45) is 0.972. The van der Waals surface area contributed by atoms with E-state index in [-0.39, 0.29) is 0 Å². The molecule has 0 saturated carbocycles. The Morgan fingerprint density at radius 2 is 2.00 bits per heavy atom. The molecule has 0 aliphatic carbocycles. The number of hydrogen-bond acceptors (Lipinski definition) is 2. The average Bonchev–Trinajstić information content (AvgIpc) is 2.85. The highest BCUT2D eigenvalue weighted by Gasteiger charge is 2.06. The van der Waals surface area contributed by atoms with Crippen LogP contribution in [-0.4, -0.2) is 23.6 Å². The van der Waals surface area contributed by atoms with Crippen LogP contribution in [0.1, 0.15) is 10.4 Å². The first-order chi connectivity index (χ1) is 9.65. The van der Waals surface area contributed by atoms with Gasteiger partial charge in [0.15, 0.2) is 5.11 Å². The molecule has 106 valence electrons. The molecule has 1 aromatic carbocycles. The van der Waals surface area contributed by atoms with Crippen LogP contribution in [-0.2, 0) is 13.0 Å². The third-order valence-electron chi connectivity index (χ3n) is 2.90. The monoisotopic (exact) mass is 324 g/mol. The number of nitrogens with zero attached hydrogens (tertiary/aromatic N) is 1. The van der Waals surface area contributed by atoms with Crippen LogP contribution < -0.4 is 5.32 Å². The molecule has 0 fully saturated rings. The zero-order valence-electron chi connectivity index (χ0n) is 11.3. The molecule has 0 bridgehead atoms. The number of thiocarbonyl (C=S) groups is 1. The van der Waals surface area contributed by atoms with Crippen molar-refractivity contribution in [2.75, 3.05) is 13.6 Å². The van der Waals surface area contributed by atoms with Crippen LogP contribution in [0, 0.1) is 0 Å². The van der Waals surface area contributed by atoms with Crippen molar-refractivity contribution in [1.29, 1.82) is 0 Å². The Morgan fingerprint density at radius 1 is 1.25 bits per heavy atom. The van der Waals surface area contributed by atoms with Crippen molar-refractivity contribution in [2.45, 2.75) is 13.0 Å². The lowest BCUT2D eigenvalue weighted by molar-refractivity contribution is 0.494. The fourth-order valence-corrected chi connectivity index (χ4v) is 3.14. The Morgan fingerprint density at radius 3 is 2.65 bits per heavy atom. The van der Waals surface area contributed by atoms with Crippen LogP contribution in [0.3, 0.4) is 0 Å². The van der Waals surface area contributed by atoms with Crippen LogP contribution in [0.4, 0.5) is 0 Å². The Hall–Kier alpha value is -1.10. The summed E-state index contributed by atoms with van der Waals surface area (Å²) in [4.78, 5) is 3.24. The summed E-state index contributed by atoms with van der Waals surface area (Å²) >= 11 is 12.9. The fraction of sp³-hybridized carbons (Fsp3) is 0.267. The van der Waals surface area contributed by atoms with Gasteiger partial charge in [-0.3, -0.25) is 0 Å². The maximum atomic E-state index is 5.93. The number of nitrogens with one attached hydrogen (secondary N) is 1. The molecule has 0 unspecified atom stereocenters. The van der Waals surface area contributed by atoms with Crippen molar-refractivity contribution in [3.05, 3.63) is 57.2 Å². The highest BCUT2D eigenvalue weighted by atomic mass is 35.5. The van der Waals surface area contributed by atoms with E-state index in [0.29, 0.717) is 0 Å². The van der Waals surface area contributed by atoms with E-state index in [1.165, 1.54) is 10.4 Å². The summed E-state index contributed by atoms with van der Waals surface area (Å²) in [5.74, 6) is 0. The standard InChI is InChI=1S/C15H17ClN2S2/c1-18(11-13-7-8-14(16)20-13)15(19)17-10-9-12-5-3-2-4-6-12/h2-8H,9-11H2,1H3,(H,17,19). The van der Waals surface area contributed by atoms with Crippen LogP contribution in [0.2, 0.25) is 4.34 Å². The van der Waals surface area contributed by atoms with E-state index in [1.54, 1.807) is 11.3 Å². The minimum absolute atomic E-state index is 0.769. The normalized spacial score (nSPS) is 10.3. The van der Waals surface area contributed by atoms with Gasteiger partial charge in [0.05, 0.1) is 10.9 Å². The van der Waals surface area contributed by atoms with Gasteiger partial charge in [0.25, 0.3) is 0 Å². The minimum Gasteiger partial charge on any atom is -0.362 e. The summed E-state index contributed by atoms with van der Waals surface area (Å²) in [7, 11) is 1.99. The summed E-state index contributed by atoms with van der Waals surface area (Å²) in [6.45, 7) is 1.63. The third kappa shape index (κ3) is 4.78. The molecule has 1 N–H and O–H groups in total. The lowest BCUT2D eigenvalue weighted by atomic mass is 10.1. The number of hydrogen-bond donors (Lipinski definition) is 1. The lowest BCUT2D eigenvalue weighted by Gasteiger charge is -2.20. The number of thiophene rings is 1. The van der Waals surface area contributed by atoms with Crippen molar-refractivity contribution in [3.63, 3.8) is 0 Å². The maximum Gasteiger partial charge on any atom is 0.169 e. The van der Waals surface area contributed by atoms with Crippen molar-refractivity contribution >= 4 is 40.3 Å². The molecule has 20 heavy (non-hydrogen) atoms. The van der Waals surface area contributed by atoms with Gasteiger partial charge < -0.3 is 10.2 Å². The predicted molar refractivity (Wildman–Crippen MR) is 91.5 cm³/mol. The Bertz CT molecular complexity index is 554. The molecular weight excluding hydrogens is 308 g/mol. The first-order valence-electron chi connectivity index (χ1n) is 6.42. The molecule has 0 aliphatic heterocycles. The predicted octanol–water partition coefficient (Wildman–Crippen LogP) is 3.95. The second kappa shape index (κ2) is 7.62. The molecular formula is C15H17ClN2S2. The Balaban J connectivity index is 1.74. The SMILES string of the molecule is CN(Cc1ccc(Cl)s1)C(=S)NCCc1ccccc1. The van der Waals surface area contributed by atoms with Crippen molar-refractivity contribution in [3.8, 4) is 0 Å². The van der Waals surface area contributed by atoms with Gasteiger partial charge >= 0.3 is 0 Å². The largest absolute Gasteiger partial charge is 0.362 e. The van der Waals surface area contributed by atoms with E-state index >= 15 is 0 Å². The van der Waals surface area contributed by atoms with E-state index in [1.807, 2.05) is 30.1 Å². The molecule has 1 aromatic heterocycles. The molecule has 2 aromatic rings. The molecule has 1 heterocycles. The molecule has 0 radical (unpaired) electrons. The third-order valence-corrected chi connectivity index (χ3v) is 4.57. The summed E-state index contributed by atoms with van der Waals surface area (Å²) in [5.41, 5.74) is 1.32. The second-order valence-corrected chi connectivity index (χ2v) is 6.72. The molecule has 0 atom stereocenters. The van der Waals surface area contributed by atoms with Gasteiger partial charge in [-0.15, -0.1) is 11.3 Å². The summed E-state index contributed by atoms with van der Waals surface area (Å²) in [5, 5.41) is 4.06. The number of halogens is 1. The molecule has 0 amide bonds.